The number of benzene rings is 1. The van der Waals surface area contributed by atoms with E-state index in [0.717, 1.165) is 5.56 Å². The molecule has 17 heavy (non-hydrogen) atoms. The van der Waals surface area contributed by atoms with Crippen LogP contribution in [0.25, 0.3) is 0 Å². The molecule has 0 radical (unpaired) electrons. The van der Waals surface area contributed by atoms with Crippen molar-refractivity contribution in [1.29, 1.82) is 0 Å². The van der Waals surface area contributed by atoms with Gasteiger partial charge < -0.3 is 10.4 Å². The first-order valence-corrected chi connectivity index (χ1v) is 5.21. The van der Waals surface area contributed by atoms with Gasteiger partial charge in [0.15, 0.2) is 0 Å². The molecule has 1 amide bonds. The smallest absolute Gasteiger partial charge is 0.269 e. The van der Waals surface area contributed by atoms with Crippen LogP contribution in [0, 0.1) is 0 Å². The summed E-state index contributed by atoms with van der Waals surface area (Å²) in [5.74, 6) is 0.00521. The standard InChI is InChI=1S/C12H13N3O2/c1-15-11(5-6-14-15)12(17)13-8-9-3-2-4-10(16)7-9/h2-7,16H,8H2,1H3,(H,13,17). The lowest BCUT2D eigenvalue weighted by Gasteiger charge is -2.05. The zero-order chi connectivity index (χ0) is 12.3. The fourth-order valence-corrected chi connectivity index (χ4v) is 1.54. The predicted octanol–water partition coefficient (Wildman–Crippen LogP) is 1.06. The number of carbonyl (C=O) groups is 1. The number of aromatic nitrogens is 2. The van der Waals surface area contributed by atoms with Gasteiger partial charge in [0.2, 0.25) is 0 Å². The third-order valence-corrected chi connectivity index (χ3v) is 2.42. The molecule has 0 fully saturated rings. The largest absolute Gasteiger partial charge is 0.508 e. The SMILES string of the molecule is Cn1nccc1C(=O)NCc1cccc(O)c1. The normalized spacial score (nSPS) is 10.2. The van der Waals surface area contributed by atoms with Crippen LogP contribution in [0.5, 0.6) is 5.75 Å². The van der Waals surface area contributed by atoms with Gasteiger partial charge in [-0.15, -0.1) is 0 Å². The second-order valence-electron chi connectivity index (χ2n) is 3.69. The van der Waals surface area contributed by atoms with Crippen LogP contribution in [0.1, 0.15) is 16.1 Å². The number of aromatic hydroxyl groups is 1. The van der Waals surface area contributed by atoms with E-state index in [-0.39, 0.29) is 11.7 Å². The lowest BCUT2D eigenvalue weighted by atomic mass is 10.2. The average Bonchev–Trinajstić information content (AvgIpc) is 2.72. The molecular weight excluding hydrogens is 218 g/mol. The van der Waals surface area contributed by atoms with E-state index in [1.807, 2.05) is 6.07 Å². The number of rotatable bonds is 3. The van der Waals surface area contributed by atoms with Gasteiger partial charge in [-0.3, -0.25) is 9.48 Å². The second kappa shape index (κ2) is 4.69. The van der Waals surface area contributed by atoms with Gasteiger partial charge in [-0.05, 0) is 23.8 Å². The van der Waals surface area contributed by atoms with Crippen molar-refractivity contribution in [2.45, 2.75) is 6.54 Å². The number of hydrogen-bond donors (Lipinski definition) is 2. The zero-order valence-corrected chi connectivity index (χ0v) is 9.42. The highest BCUT2D eigenvalue weighted by Gasteiger charge is 2.08. The monoisotopic (exact) mass is 231 g/mol. The molecule has 0 aliphatic rings. The fraction of sp³-hybridized carbons (Fsp3) is 0.167. The third-order valence-electron chi connectivity index (χ3n) is 2.42. The van der Waals surface area contributed by atoms with Crippen LogP contribution < -0.4 is 5.32 Å². The van der Waals surface area contributed by atoms with E-state index in [9.17, 15) is 9.90 Å². The second-order valence-corrected chi connectivity index (χ2v) is 3.69. The minimum absolute atomic E-state index is 0.187. The topological polar surface area (TPSA) is 67.2 Å². The van der Waals surface area contributed by atoms with Crippen LogP contribution in [0.2, 0.25) is 0 Å². The average molecular weight is 231 g/mol. The number of aryl methyl sites for hydroxylation is 1. The van der Waals surface area contributed by atoms with Crippen molar-refractivity contribution in [2.75, 3.05) is 0 Å². The number of carbonyl (C=O) groups excluding carboxylic acids is 1. The van der Waals surface area contributed by atoms with Gasteiger partial charge in [0, 0.05) is 19.8 Å². The minimum Gasteiger partial charge on any atom is -0.508 e. The molecule has 0 aliphatic carbocycles. The molecule has 1 heterocycles. The minimum atomic E-state index is -0.187. The van der Waals surface area contributed by atoms with Crippen LogP contribution in [0.4, 0.5) is 0 Å². The number of nitrogens with zero attached hydrogens (tertiary/aromatic N) is 2. The molecule has 0 saturated heterocycles. The van der Waals surface area contributed by atoms with Gasteiger partial charge in [0.05, 0.1) is 0 Å². The first kappa shape index (κ1) is 11.2. The van der Waals surface area contributed by atoms with E-state index in [4.69, 9.17) is 0 Å². The van der Waals surface area contributed by atoms with Crippen LogP contribution in [0.3, 0.4) is 0 Å². The number of nitrogens with one attached hydrogen (secondary N) is 1. The molecule has 88 valence electrons. The molecule has 5 nitrogen and oxygen atoms in total. The van der Waals surface area contributed by atoms with Gasteiger partial charge >= 0.3 is 0 Å². The maximum atomic E-state index is 11.8. The molecule has 0 saturated carbocycles. The highest BCUT2D eigenvalue weighted by molar-refractivity contribution is 5.92. The third kappa shape index (κ3) is 2.63. The van der Waals surface area contributed by atoms with Gasteiger partial charge in [0.25, 0.3) is 5.91 Å². The Labute approximate surface area is 98.7 Å². The van der Waals surface area contributed by atoms with Crippen molar-refractivity contribution in [2.24, 2.45) is 7.05 Å². The summed E-state index contributed by atoms with van der Waals surface area (Å²) >= 11 is 0. The van der Waals surface area contributed by atoms with Crippen LogP contribution >= 0.6 is 0 Å². The summed E-state index contributed by atoms with van der Waals surface area (Å²) in [6.45, 7) is 0.373. The lowest BCUT2D eigenvalue weighted by Crippen LogP contribution is -2.25. The van der Waals surface area contributed by atoms with Gasteiger partial charge in [-0.2, -0.15) is 5.10 Å². The molecule has 2 aromatic rings. The molecule has 0 bridgehead atoms. The summed E-state index contributed by atoms with van der Waals surface area (Å²) < 4.78 is 1.51. The molecule has 0 aliphatic heterocycles. The number of hydrogen-bond acceptors (Lipinski definition) is 3. The van der Waals surface area contributed by atoms with Crippen molar-refractivity contribution in [3.05, 3.63) is 47.8 Å². The Hall–Kier alpha value is -2.30. The van der Waals surface area contributed by atoms with E-state index in [2.05, 4.69) is 10.4 Å². The Kier molecular flexibility index (Phi) is 3.09. The van der Waals surface area contributed by atoms with Gasteiger partial charge in [-0.25, -0.2) is 0 Å². The number of phenols is 1. The molecule has 0 spiro atoms. The molecule has 5 heteroatoms. The summed E-state index contributed by atoms with van der Waals surface area (Å²) in [6.07, 6.45) is 1.57. The molecular formula is C12H13N3O2. The molecule has 2 N–H and O–H groups in total. The van der Waals surface area contributed by atoms with E-state index >= 15 is 0 Å². The summed E-state index contributed by atoms with van der Waals surface area (Å²) in [4.78, 5) is 11.8. The van der Waals surface area contributed by atoms with Gasteiger partial charge in [-0.1, -0.05) is 12.1 Å². The van der Waals surface area contributed by atoms with Crippen molar-refractivity contribution >= 4 is 5.91 Å². The van der Waals surface area contributed by atoms with Crippen molar-refractivity contribution in [3.8, 4) is 5.75 Å². The zero-order valence-electron chi connectivity index (χ0n) is 9.42. The van der Waals surface area contributed by atoms with Crippen molar-refractivity contribution < 1.29 is 9.90 Å². The Bertz CT molecular complexity index is 534. The number of amides is 1. The van der Waals surface area contributed by atoms with E-state index in [1.54, 1.807) is 37.5 Å². The fourth-order valence-electron chi connectivity index (χ4n) is 1.54. The van der Waals surface area contributed by atoms with Crippen molar-refractivity contribution in [3.63, 3.8) is 0 Å². The first-order chi connectivity index (χ1) is 8.16. The van der Waals surface area contributed by atoms with Crippen LogP contribution in [0.15, 0.2) is 36.5 Å². The van der Waals surface area contributed by atoms with E-state index in [0.29, 0.717) is 12.2 Å². The van der Waals surface area contributed by atoms with E-state index < -0.39 is 0 Å². The molecule has 1 aromatic carbocycles. The Balaban J connectivity index is 1.99. The quantitative estimate of drug-likeness (QED) is 0.829. The molecule has 2 rings (SSSR count). The Morgan fingerprint density at radius 2 is 2.29 bits per heavy atom. The highest BCUT2D eigenvalue weighted by Crippen LogP contribution is 2.10. The van der Waals surface area contributed by atoms with Crippen LogP contribution in [-0.4, -0.2) is 20.8 Å². The summed E-state index contributed by atoms with van der Waals surface area (Å²) in [6, 6.07) is 8.43. The number of phenolic OH excluding ortho intramolecular Hbond substituents is 1. The maximum absolute atomic E-state index is 11.8. The highest BCUT2D eigenvalue weighted by atomic mass is 16.3. The molecule has 1 aromatic heterocycles. The molecule has 0 unspecified atom stereocenters. The lowest BCUT2D eigenvalue weighted by molar-refractivity contribution is 0.0941. The van der Waals surface area contributed by atoms with Gasteiger partial charge in [0.1, 0.15) is 11.4 Å². The van der Waals surface area contributed by atoms with Crippen LogP contribution in [-0.2, 0) is 13.6 Å². The van der Waals surface area contributed by atoms with Crippen molar-refractivity contribution in [1.82, 2.24) is 15.1 Å². The predicted molar refractivity (Wildman–Crippen MR) is 62.5 cm³/mol. The van der Waals surface area contributed by atoms with E-state index in [1.165, 1.54) is 4.68 Å². The summed E-state index contributed by atoms with van der Waals surface area (Å²) in [5.41, 5.74) is 1.35. The Morgan fingerprint density at radius 1 is 1.47 bits per heavy atom. The maximum Gasteiger partial charge on any atom is 0.269 e. The summed E-state index contributed by atoms with van der Waals surface area (Å²) in [7, 11) is 1.71. The molecule has 0 atom stereocenters. The first-order valence-electron chi connectivity index (χ1n) is 5.21. The Morgan fingerprint density at radius 3 is 2.94 bits per heavy atom. The summed E-state index contributed by atoms with van der Waals surface area (Å²) in [5, 5.41) is 16.0.